The number of morpholine rings is 1. The first-order valence-electron chi connectivity index (χ1n) is 11.3. The number of carbonyl (C=O) groups is 2. The number of esters is 1. The van der Waals surface area contributed by atoms with Crippen LogP contribution in [-0.4, -0.2) is 84.6 Å². The van der Waals surface area contributed by atoms with Gasteiger partial charge in [-0.15, -0.1) is 0 Å². The second-order valence-electron chi connectivity index (χ2n) is 8.96. The Kier molecular flexibility index (Phi) is 7.71. The molecule has 2 unspecified atom stereocenters. The van der Waals surface area contributed by atoms with Crippen LogP contribution in [0.15, 0.2) is 0 Å². The number of ether oxygens (including phenoxy) is 2. The van der Waals surface area contributed by atoms with Gasteiger partial charge in [0.25, 0.3) is 0 Å². The summed E-state index contributed by atoms with van der Waals surface area (Å²) in [6.07, 6.45) is 2.84. The van der Waals surface area contributed by atoms with E-state index in [1.54, 1.807) is 6.92 Å². The van der Waals surface area contributed by atoms with Crippen LogP contribution in [0.4, 0.5) is 0 Å². The number of Topliss-reactive ketones (excluding diaryl/α,β-unsaturated/α-hetero) is 1. The Morgan fingerprint density at radius 2 is 1.73 bits per heavy atom. The number of rotatable bonds is 7. The molecule has 0 spiro atoms. The van der Waals surface area contributed by atoms with Gasteiger partial charge in [0.05, 0.1) is 25.4 Å². The lowest BCUT2D eigenvalue weighted by molar-refractivity contribution is -0.0731. The van der Waals surface area contributed by atoms with E-state index in [0.717, 1.165) is 51.3 Å². The maximum atomic E-state index is 13.0. The Morgan fingerprint density at radius 1 is 1.10 bits per heavy atom. The quantitative estimate of drug-likeness (QED) is 0.541. The minimum absolute atomic E-state index is 0.0751. The van der Waals surface area contributed by atoms with Gasteiger partial charge in [-0.3, -0.25) is 14.6 Å². The smallest absolute Gasteiger partial charge is 0.355 e. The predicted molar refractivity (Wildman–Crippen MR) is 116 cm³/mol. The van der Waals surface area contributed by atoms with Crippen molar-refractivity contribution in [2.24, 2.45) is 5.92 Å². The minimum atomic E-state index is -0.398. The van der Waals surface area contributed by atoms with Crippen LogP contribution in [0.3, 0.4) is 0 Å². The monoisotopic (exact) mass is 419 g/mol. The highest BCUT2D eigenvalue weighted by atomic mass is 16.5. The van der Waals surface area contributed by atoms with Crippen molar-refractivity contribution in [1.82, 2.24) is 14.8 Å². The number of nitrogens with zero attached hydrogens (tertiary/aromatic N) is 2. The molecule has 7 nitrogen and oxygen atoms in total. The molecule has 0 bridgehead atoms. The van der Waals surface area contributed by atoms with Gasteiger partial charge < -0.3 is 14.5 Å². The summed E-state index contributed by atoms with van der Waals surface area (Å²) in [4.78, 5) is 32.9. The maximum Gasteiger partial charge on any atom is 0.355 e. The zero-order valence-electron chi connectivity index (χ0n) is 19.1. The van der Waals surface area contributed by atoms with E-state index in [4.69, 9.17) is 9.47 Å². The van der Waals surface area contributed by atoms with Crippen molar-refractivity contribution < 1.29 is 19.1 Å². The van der Waals surface area contributed by atoms with E-state index in [-0.39, 0.29) is 5.78 Å². The summed E-state index contributed by atoms with van der Waals surface area (Å²) in [6.45, 7) is 15.5. The Hall–Kier alpha value is -1.70. The van der Waals surface area contributed by atoms with Crippen LogP contribution < -0.4 is 0 Å². The number of aromatic amines is 1. The summed E-state index contributed by atoms with van der Waals surface area (Å²) in [5.41, 5.74) is 2.47. The van der Waals surface area contributed by atoms with Gasteiger partial charge in [-0.05, 0) is 72.0 Å². The number of carbonyl (C=O) groups excluding carboxylic acids is 2. The van der Waals surface area contributed by atoms with Crippen molar-refractivity contribution in [3.8, 4) is 0 Å². The number of likely N-dealkylation sites (tertiary alicyclic amines) is 1. The van der Waals surface area contributed by atoms with Crippen LogP contribution >= 0.6 is 0 Å². The van der Waals surface area contributed by atoms with E-state index >= 15 is 0 Å². The Morgan fingerprint density at radius 3 is 2.33 bits per heavy atom. The fourth-order valence-electron chi connectivity index (χ4n) is 4.98. The van der Waals surface area contributed by atoms with Crippen molar-refractivity contribution >= 4 is 11.8 Å². The van der Waals surface area contributed by atoms with Crippen molar-refractivity contribution in [1.29, 1.82) is 0 Å². The van der Waals surface area contributed by atoms with Gasteiger partial charge >= 0.3 is 5.97 Å². The summed E-state index contributed by atoms with van der Waals surface area (Å²) in [6, 6.07) is 0. The average Bonchev–Trinajstić information content (AvgIpc) is 2.97. The molecule has 0 saturated carbocycles. The van der Waals surface area contributed by atoms with Gasteiger partial charge in [-0.2, -0.15) is 0 Å². The topological polar surface area (TPSA) is 74.9 Å². The lowest BCUT2D eigenvalue weighted by Crippen LogP contribution is -2.48. The van der Waals surface area contributed by atoms with Gasteiger partial charge in [0.15, 0.2) is 5.78 Å². The minimum Gasteiger partial charge on any atom is -0.461 e. The number of hydrogen-bond acceptors (Lipinski definition) is 6. The maximum absolute atomic E-state index is 13.0. The molecule has 1 aromatic heterocycles. The molecule has 0 radical (unpaired) electrons. The predicted octanol–water partition coefficient (Wildman–Crippen LogP) is 2.81. The number of hydrogen-bond donors (Lipinski definition) is 1. The number of aryl methyl sites for hydroxylation is 1. The summed E-state index contributed by atoms with van der Waals surface area (Å²) < 4.78 is 10.9. The van der Waals surface area contributed by atoms with E-state index < -0.39 is 5.97 Å². The van der Waals surface area contributed by atoms with Crippen LogP contribution in [0.2, 0.25) is 0 Å². The highest BCUT2D eigenvalue weighted by molar-refractivity contribution is 6.03. The number of aromatic nitrogens is 1. The molecule has 2 aliphatic heterocycles. The average molecular weight is 420 g/mol. The first-order chi connectivity index (χ1) is 14.3. The lowest BCUT2D eigenvalue weighted by atomic mass is 9.95. The summed E-state index contributed by atoms with van der Waals surface area (Å²) in [5.74, 6) is 0.357. The van der Waals surface area contributed by atoms with Crippen LogP contribution in [0.25, 0.3) is 0 Å². The van der Waals surface area contributed by atoms with E-state index in [2.05, 4.69) is 28.6 Å². The molecule has 0 aromatic carbocycles. The van der Waals surface area contributed by atoms with Crippen molar-refractivity contribution in [2.75, 3.05) is 45.9 Å². The van der Waals surface area contributed by atoms with Gasteiger partial charge in [0, 0.05) is 30.9 Å². The Balaban J connectivity index is 1.51. The molecule has 2 saturated heterocycles. The van der Waals surface area contributed by atoms with Crippen LogP contribution in [-0.2, 0) is 9.47 Å². The zero-order valence-corrected chi connectivity index (χ0v) is 19.1. The van der Waals surface area contributed by atoms with Gasteiger partial charge in [0.1, 0.15) is 5.69 Å². The molecule has 1 aromatic rings. The highest BCUT2D eigenvalue weighted by Crippen LogP contribution is 2.23. The second-order valence-corrected chi connectivity index (χ2v) is 8.96. The number of piperidine rings is 1. The molecule has 168 valence electrons. The van der Waals surface area contributed by atoms with Gasteiger partial charge in [-0.25, -0.2) is 4.79 Å². The molecule has 2 fully saturated rings. The normalized spacial score (nSPS) is 24.2. The molecule has 2 atom stereocenters. The number of H-pyrrole nitrogens is 1. The third-order valence-corrected chi connectivity index (χ3v) is 6.28. The molecule has 7 heteroatoms. The van der Waals surface area contributed by atoms with Crippen molar-refractivity contribution in [3.05, 3.63) is 22.5 Å². The van der Waals surface area contributed by atoms with Crippen LogP contribution in [0.5, 0.6) is 0 Å². The molecular weight excluding hydrogens is 382 g/mol. The van der Waals surface area contributed by atoms with Gasteiger partial charge in [0.2, 0.25) is 0 Å². The Labute approximate surface area is 180 Å². The van der Waals surface area contributed by atoms with Crippen molar-refractivity contribution in [2.45, 2.75) is 59.7 Å². The van der Waals surface area contributed by atoms with Crippen LogP contribution in [0, 0.1) is 19.8 Å². The van der Waals surface area contributed by atoms with E-state index in [0.29, 0.717) is 48.1 Å². The fraction of sp³-hybridized carbons (Fsp3) is 0.739. The van der Waals surface area contributed by atoms with E-state index in [1.807, 2.05) is 13.8 Å². The van der Waals surface area contributed by atoms with E-state index in [9.17, 15) is 9.59 Å². The molecular formula is C23H37N3O4. The number of nitrogens with one attached hydrogen (secondary N) is 1. The standard InChI is InChI=1S/C23H37N3O4/c1-6-29-23(28)22-17(4)21(18(5)24-22)20(27)14-25-9-7-19(8-10-25)13-26-11-15(2)30-16(3)12-26/h15-16,19,24H,6-14H2,1-5H3. The lowest BCUT2D eigenvalue weighted by Gasteiger charge is -2.39. The molecule has 1 N–H and O–H groups in total. The summed E-state index contributed by atoms with van der Waals surface area (Å²) in [5, 5.41) is 0. The Bertz CT molecular complexity index is 742. The molecule has 3 heterocycles. The summed E-state index contributed by atoms with van der Waals surface area (Å²) in [7, 11) is 0. The molecule has 0 amide bonds. The fourth-order valence-corrected chi connectivity index (χ4v) is 4.98. The molecule has 2 aliphatic rings. The third kappa shape index (κ3) is 5.50. The van der Waals surface area contributed by atoms with Crippen molar-refractivity contribution in [3.63, 3.8) is 0 Å². The first kappa shape index (κ1) is 23.0. The largest absolute Gasteiger partial charge is 0.461 e. The highest BCUT2D eigenvalue weighted by Gasteiger charge is 2.28. The molecule has 3 rings (SSSR count). The number of ketones is 1. The SMILES string of the molecule is CCOC(=O)c1[nH]c(C)c(C(=O)CN2CCC(CN3CC(C)OC(C)C3)CC2)c1C. The zero-order chi connectivity index (χ0) is 21.8. The molecule has 30 heavy (non-hydrogen) atoms. The second kappa shape index (κ2) is 10.1. The molecule has 0 aliphatic carbocycles. The third-order valence-electron chi connectivity index (χ3n) is 6.28. The first-order valence-corrected chi connectivity index (χ1v) is 11.3. The van der Waals surface area contributed by atoms with Crippen LogP contribution in [0.1, 0.15) is 65.7 Å². The van der Waals surface area contributed by atoms with Gasteiger partial charge in [-0.1, -0.05) is 0 Å². The van der Waals surface area contributed by atoms with E-state index in [1.165, 1.54) is 0 Å². The summed E-state index contributed by atoms with van der Waals surface area (Å²) >= 11 is 0.